The van der Waals surface area contributed by atoms with E-state index >= 15 is 0 Å². The summed E-state index contributed by atoms with van der Waals surface area (Å²) in [6.45, 7) is 0. The molecule has 1 heterocycles. The number of hydrogen-bond donors (Lipinski definition) is 1. The topological polar surface area (TPSA) is 68.0 Å². The minimum atomic E-state index is -0.965. The number of rotatable bonds is 3. The van der Waals surface area contributed by atoms with Crippen molar-refractivity contribution in [3.05, 3.63) is 66.4 Å². The summed E-state index contributed by atoms with van der Waals surface area (Å²) in [5.74, 6) is -0.965. The molecule has 5 heteroatoms. The van der Waals surface area contributed by atoms with Crippen molar-refractivity contribution in [1.82, 2.24) is 15.0 Å². The van der Waals surface area contributed by atoms with Gasteiger partial charge in [-0.2, -0.15) is 0 Å². The first kappa shape index (κ1) is 12.1. The molecule has 0 aliphatic carbocycles. The molecule has 0 aliphatic heterocycles. The van der Waals surface area contributed by atoms with Crippen molar-refractivity contribution in [2.45, 2.75) is 0 Å². The van der Waals surface area contributed by atoms with Crippen LogP contribution in [0.15, 0.2) is 60.8 Å². The lowest BCUT2D eigenvalue weighted by Gasteiger charge is -2.06. The van der Waals surface area contributed by atoms with Gasteiger partial charge < -0.3 is 5.11 Å². The van der Waals surface area contributed by atoms with E-state index in [-0.39, 0.29) is 5.56 Å². The van der Waals surface area contributed by atoms with Crippen LogP contribution >= 0.6 is 0 Å². The van der Waals surface area contributed by atoms with Crippen LogP contribution in [-0.4, -0.2) is 26.1 Å². The van der Waals surface area contributed by atoms with Crippen LogP contribution in [-0.2, 0) is 0 Å². The molecule has 0 unspecified atom stereocenters. The highest BCUT2D eigenvalue weighted by Gasteiger charge is 2.10. The molecule has 0 spiro atoms. The van der Waals surface area contributed by atoms with Crippen LogP contribution in [0.4, 0.5) is 0 Å². The molecule has 3 rings (SSSR count). The fourth-order valence-corrected chi connectivity index (χ4v) is 2.00. The Morgan fingerprint density at radius 2 is 1.85 bits per heavy atom. The summed E-state index contributed by atoms with van der Waals surface area (Å²) < 4.78 is 1.63. The monoisotopic (exact) mass is 265 g/mol. The number of hydrogen-bond acceptors (Lipinski definition) is 3. The van der Waals surface area contributed by atoms with Gasteiger partial charge in [-0.1, -0.05) is 41.6 Å². The van der Waals surface area contributed by atoms with Crippen molar-refractivity contribution in [2.75, 3.05) is 0 Å². The SMILES string of the molecule is O=C(O)c1cccc(-n2nncc2-c2ccccc2)c1. The molecule has 0 aliphatic rings. The molecule has 0 radical (unpaired) electrons. The third-order valence-electron chi connectivity index (χ3n) is 2.96. The highest BCUT2D eigenvalue weighted by molar-refractivity contribution is 5.88. The van der Waals surface area contributed by atoms with E-state index in [2.05, 4.69) is 10.3 Å². The lowest BCUT2D eigenvalue weighted by atomic mass is 10.1. The molecule has 98 valence electrons. The van der Waals surface area contributed by atoms with Gasteiger partial charge in [-0.3, -0.25) is 0 Å². The predicted octanol–water partition coefficient (Wildman–Crippen LogP) is 2.63. The van der Waals surface area contributed by atoms with Gasteiger partial charge in [0.2, 0.25) is 0 Å². The van der Waals surface area contributed by atoms with Gasteiger partial charge in [-0.25, -0.2) is 9.48 Å². The van der Waals surface area contributed by atoms with Crippen LogP contribution in [0, 0.1) is 0 Å². The first-order valence-electron chi connectivity index (χ1n) is 6.05. The summed E-state index contributed by atoms with van der Waals surface area (Å²) in [7, 11) is 0. The molecule has 1 aromatic heterocycles. The van der Waals surface area contributed by atoms with Gasteiger partial charge in [0.05, 0.1) is 23.1 Å². The summed E-state index contributed by atoms with van der Waals surface area (Å²) >= 11 is 0. The molecule has 2 aromatic carbocycles. The largest absolute Gasteiger partial charge is 0.478 e. The average Bonchev–Trinajstić information content (AvgIpc) is 2.98. The van der Waals surface area contributed by atoms with Crippen molar-refractivity contribution in [3.63, 3.8) is 0 Å². The quantitative estimate of drug-likeness (QED) is 0.790. The maximum Gasteiger partial charge on any atom is 0.335 e. The van der Waals surface area contributed by atoms with Crippen molar-refractivity contribution in [2.24, 2.45) is 0 Å². The molecule has 0 bridgehead atoms. The van der Waals surface area contributed by atoms with Crippen molar-refractivity contribution in [1.29, 1.82) is 0 Å². The van der Waals surface area contributed by atoms with E-state index in [1.165, 1.54) is 0 Å². The molecule has 0 fully saturated rings. The van der Waals surface area contributed by atoms with E-state index in [0.717, 1.165) is 11.3 Å². The minimum absolute atomic E-state index is 0.219. The third kappa shape index (κ3) is 2.16. The fourth-order valence-electron chi connectivity index (χ4n) is 2.00. The summed E-state index contributed by atoms with van der Waals surface area (Å²) in [4.78, 5) is 11.0. The molecular weight excluding hydrogens is 254 g/mol. The molecule has 0 saturated carbocycles. The van der Waals surface area contributed by atoms with E-state index in [1.54, 1.807) is 35.1 Å². The fraction of sp³-hybridized carbons (Fsp3) is 0. The highest BCUT2D eigenvalue weighted by atomic mass is 16.4. The summed E-state index contributed by atoms with van der Waals surface area (Å²) in [5, 5.41) is 17.0. The van der Waals surface area contributed by atoms with Gasteiger partial charge >= 0.3 is 5.97 Å². The second-order valence-corrected chi connectivity index (χ2v) is 4.25. The second kappa shape index (κ2) is 4.97. The lowest BCUT2D eigenvalue weighted by molar-refractivity contribution is 0.0697. The third-order valence-corrected chi connectivity index (χ3v) is 2.96. The first-order chi connectivity index (χ1) is 9.75. The molecule has 1 N–H and O–H groups in total. The Balaban J connectivity index is 2.10. The Morgan fingerprint density at radius 1 is 1.05 bits per heavy atom. The van der Waals surface area contributed by atoms with Gasteiger partial charge in [0.15, 0.2) is 0 Å². The predicted molar refractivity (Wildman–Crippen MR) is 73.8 cm³/mol. The maximum absolute atomic E-state index is 11.0. The molecule has 3 aromatic rings. The number of carboxylic acids is 1. The Bertz CT molecular complexity index is 751. The number of carboxylic acid groups (broad SMARTS) is 1. The Morgan fingerprint density at radius 3 is 2.60 bits per heavy atom. The molecule has 5 nitrogen and oxygen atoms in total. The minimum Gasteiger partial charge on any atom is -0.478 e. The van der Waals surface area contributed by atoms with Gasteiger partial charge in [-0.05, 0) is 18.2 Å². The number of aromatic nitrogens is 3. The van der Waals surface area contributed by atoms with E-state index < -0.39 is 5.97 Å². The van der Waals surface area contributed by atoms with E-state index in [0.29, 0.717) is 5.69 Å². The number of aromatic carboxylic acids is 1. The van der Waals surface area contributed by atoms with Crippen LogP contribution < -0.4 is 0 Å². The normalized spacial score (nSPS) is 10.4. The van der Waals surface area contributed by atoms with Crippen molar-refractivity contribution in [3.8, 4) is 16.9 Å². The number of carbonyl (C=O) groups is 1. The Hall–Kier alpha value is -2.95. The average molecular weight is 265 g/mol. The standard InChI is InChI=1S/C15H11N3O2/c19-15(20)12-7-4-8-13(9-12)18-14(10-16-17-18)11-5-2-1-3-6-11/h1-10H,(H,19,20). The molecule has 20 heavy (non-hydrogen) atoms. The molecule has 0 atom stereocenters. The van der Waals surface area contributed by atoms with E-state index in [9.17, 15) is 4.79 Å². The zero-order valence-electron chi connectivity index (χ0n) is 10.5. The van der Waals surface area contributed by atoms with Crippen molar-refractivity contribution < 1.29 is 9.90 Å². The summed E-state index contributed by atoms with van der Waals surface area (Å²) in [5.41, 5.74) is 2.67. The molecular formula is C15H11N3O2. The van der Waals surface area contributed by atoms with Gasteiger partial charge in [0.1, 0.15) is 0 Å². The highest BCUT2D eigenvalue weighted by Crippen LogP contribution is 2.21. The van der Waals surface area contributed by atoms with Crippen LogP contribution in [0.1, 0.15) is 10.4 Å². The van der Waals surface area contributed by atoms with Crippen LogP contribution in [0.25, 0.3) is 16.9 Å². The van der Waals surface area contributed by atoms with Gasteiger partial charge in [0, 0.05) is 5.56 Å². The van der Waals surface area contributed by atoms with Crippen LogP contribution in [0.3, 0.4) is 0 Å². The molecule has 0 saturated heterocycles. The van der Waals surface area contributed by atoms with Gasteiger partial charge in [0.25, 0.3) is 0 Å². The second-order valence-electron chi connectivity index (χ2n) is 4.25. The zero-order chi connectivity index (χ0) is 13.9. The van der Waals surface area contributed by atoms with E-state index in [1.807, 2.05) is 30.3 Å². The number of nitrogens with zero attached hydrogens (tertiary/aromatic N) is 3. The molecule has 0 amide bonds. The maximum atomic E-state index is 11.0. The van der Waals surface area contributed by atoms with E-state index in [4.69, 9.17) is 5.11 Å². The Labute approximate surface area is 115 Å². The zero-order valence-corrected chi connectivity index (χ0v) is 10.5. The van der Waals surface area contributed by atoms with Crippen LogP contribution in [0.5, 0.6) is 0 Å². The Kier molecular flexibility index (Phi) is 3.01. The smallest absolute Gasteiger partial charge is 0.335 e. The number of benzene rings is 2. The lowest BCUT2D eigenvalue weighted by Crippen LogP contribution is -2.02. The van der Waals surface area contributed by atoms with Crippen LogP contribution in [0.2, 0.25) is 0 Å². The van der Waals surface area contributed by atoms with Gasteiger partial charge in [-0.15, -0.1) is 5.10 Å². The summed E-state index contributed by atoms with van der Waals surface area (Å²) in [6.07, 6.45) is 1.66. The van der Waals surface area contributed by atoms with Crippen molar-refractivity contribution >= 4 is 5.97 Å². The summed E-state index contributed by atoms with van der Waals surface area (Å²) in [6, 6.07) is 16.3. The first-order valence-corrected chi connectivity index (χ1v) is 6.05.